The molecule has 1 aromatic heterocycles. The lowest BCUT2D eigenvalue weighted by molar-refractivity contribution is 0.100. The number of rotatable bonds is 5. The summed E-state index contributed by atoms with van der Waals surface area (Å²) in [6.45, 7) is 1.71. The SMILES string of the molecule is N=Cc1nc(N2CCCCC2)nc(Nc2ccc(N)cc2)c1C(N)=O. The van der Waals surface area contributed by atoms with Crippen molar-refractivity contribution >= 4 is 35.3 Å². The van der Waals surface area contributed by atoms with E-state index in [0.717, 1.165) is 37.8 Å². The number of nitrogens with zero attached hydrogens (tertiary/aromatic N) is 3. The van der Waals surface area contributed by atoms with E-state index in [2.05, 4.69) is 20.2 Å². The zero-order chi connectivity index (χ0) is 17.8. The standard InChI is InChI=1S/C17H21N7O/c18-10-13-14(15(20)25)16(21-12-6-4-11(19)5-7-12)23-17(22-13)24-8-2-1-3-9-24/h4-7,10,18H,1-3,8-9,19H2,(H2,20,25)(H,21,22,23). The lowest BCUT2D eigenvalue weighted by atomic mass is 10.1. The Morgan fingerprint density at radius 1 is 1.16 bits per heavy atom. The molecule has 0 aliphatic carbocycles. The second kappa shape index (κ2) is 7.16. The molecule has 0 saturated carbocycles. The zero-order valence-corrected chi connectivity index (χ0v) is 13.8. The van der Waals surface area contributed by atoms with Gasteiger partial charge in [-0.15, -0.1) is 0 Å². The molecule has 1 saturated heterocycles. The largest absolute Gasteiger partial charge is 0.399 e. The highest BCUT2D eigenvalue weighted by atomic mass is 16.1. The molecule has 8 heteroatoms. The fourth-order valence-corrected chi connectivity index (χ4v) is 2.84. The predicted octanol–water partition coefficient (Wildman–Crippen LogP) is 1.89. The average Bonchev–Trinajstić information content (AvgIpc) is 2.63. The van der Waals surface area contributed by atoms with E-state index < -0.39 is 5.91 Å². The summed E-state index contributed by atoms with van der Waals surface area (Å²) in [5, 5.41) is 10.7. The van der Waals surface area contributed by atoms with Crippen LogP contribution in [0.25, 0.3) is 0 Å². The highest BCUT2D eigenvalue weighted by molar-refractivity contribution is 6.04. The van der Waals surface area contributed by atoms with Crippen LogP contribution < -0.4 is 21.7 Å². The Bertz CT molecular complexity index is 782. The van der Waals surface area contributed by atoms with E-state index in [1.54, 1.807) is 24.3 Å². The molecule has 0 spiro atoms. The van der Waals surface area contributed by atoms with Gasteiger partial charge in [-0.25, -0.2) is 4.98 Å². The minimum absolute atomic E-state index is 0.104. The van der Waals surface area contributed by atoms with Gasteiger partial charge in [-0.1, -0.05) is 0 Å². The van der Waals surface area contributed by atoms with Crippen LogP contribution in [0.3, 0.4) is 0 Å². The number of anilines is 4. The Hall–Kier alpha value is -3.16. The van der Waals surface area contributed by atoms with Crippen LogP contribution in [0.15, 0.2) is 24.3 Å². The van der Waals surface area contributed by atoms with E-state index in [1.165, 1.54) is 6.42 Å². The Kier molecular flexibility index (Phi) is 4.78. The first kappa shape index (κ1) is 16.7. The van der Waals surface area contributed by atoms with Crippen molar-refractivity contribution in [2.45, 2.75) is 19.3 Å². The van der Waals surface area contributed by atoms with Gasteiger partial charge in [0.2, 0.25) is 5.95 Å². The van der Waals surface area contributed by atoms with Crippen LogP contribution in [0.2, 0.25) is 0 Å². The summed E-state index contributed by atoms with van der Waals surface area (Å²) in [4.78, 5) is 22.8. The first-order valence-electron chi connectivity index (χ1n) is 8.18. The number of benzene rings is 1. The van der Waals surface area contributed by atoms with Gasteiger partial charge in [0.1, 0.15) is 17.1 Å². The number of primary amides is 1. The maximum atomic E-state index is 11.9. The first-order chi connectivity index (χ1) is 12.1. The summed E-state index contributed by atoms with van der Waals surface area (Å²) < 4.78 is 0. The number of nitrogens with one attached hydrogen (secondary N) is 2. The quantitative estimate of drug-likeness (QED) is 0.485. The molecule has 0 bridgehead atoms. The number of hydrogen-bond acceptors (Lipinski definition) is 7. The van der Waals surface area contributed by atoms with E-state index in [1.807, 2.05) is 0 Å². The Balaban J connectivity index is 2.04. The van der Waals surface area contributed by atoms with Gasteiger partial charge in [-0.05, 0) is 43.5 Å². The van der Waals surface area contributed by atoms with Crippen molar-refractivity contribution in [2.24, 2.45) is 5.73 Å². The van der Waals surface area contributed by atoms with Gasteiger partial charge in [-0.3, -0.25) is 4.79 Å². The molecule has 130 valence electrons. The summed E-state index contributed by atoms with van der Waals surface area (Å²) in [5.74, 6) is 0.120. The zero-order valence-electron chi connectivity index (χ0n) is 13.8. The van der Waals surface area contributed by atoms with Gasteiger partial charge >= 0.3 is 0 Å². The fraction of sp³-hybridized carbons (Fsp3) is 0.294. The molecule has 3 rings (SSSR count). The van der Waals surface area contributed by atoms with E-state index in [9.17, 15) is 4.79 Å². The normalized spacial score (nSPS) is 14.2. The minimum atomic E-state index is -0.679. The van der Waals surface area contributed by atoms with Crippen LogP contribution in [-0.4, -0.2) is 35.2 Å². The molecule has 1 aliphatic rings. The van der Waals surface area contributed by atoms with E-state index in [-0.39, 0.29) is 11.3 Å². The third kappa shape index (κ3) is 3.68. The maximum absolute atomic E-state index is 11.9. The van der Waals surface area contributed by atoms with Crippen molar-refractivity contribution in [1.82, 2.24) is 9.97 Å². The molecular weight excluding hydrogens is 318 g/mol. The number of hydrogen-bond donors (Lipinski definition) is 4. The molecule has 1 amide bonds. The third-order valence-electron chi connectivity index (χ3n) is 4.12. The van der Waals surface area contributed by atoms with Crippen LogP contribution in [0, 0.1) is 5.41 Å². The lowest BCUT2D eigenvalue weighted by Crippen LogP contribution is -2.32. The summed E-state index contributed by atoms with van der Waals surface area (Å²) in [6, 6.07) is 7.06. The highest BCUT2D eigenvalue weighted by Crippen LogP contribution is 2.25. The van der Waals surface area contributed by atoms with Crippen molar-refractivity contribution in [1.29, 1.82) is 5.41 Å². The van der Waals surface area contributed by atoms with Gasteiger partial charge in [-0.2, -0.15) is 4.98 Å². The number of aromatic nitrogens is 2. The van der Waals surface area contributed by atoms with Crippen LogP contribution >= 0.6 is 0 Å². The molecule has 1 aliphatic heterocycles. The number of carbonyl (C=O) groups is 1. The average molecular weight is 339 g/mol. The second-order valence-electron chi connectivity index (χ2n) is 5.94. The lowest BCUT2D eigenvalue weighted by Gasteiger charge is -2.27. The second-order valence-corrected chi connectivity index (χ2v) is 5.94. The number of carbonyl (C=O) groups excluding carboxylic acids is 1. The Morgan fingerprint density at radius 3 is 2.44 bits per heavy atom. The summed E-state index contributed by atoms with van der Waals surface area (Å²) >= 11 is 0. The third-order valence-corrected chi connectivity index (χ3v) is 4.12. The molecule has 2 aromatic rings. The van der Waals surface area contributed by atoms with Crippen LogP contribution in [-0.2, 0) is 0 Å². The van der Waals surface area contributed by atoms with Crippen molar-refractivity contribution < 1.29 is 4.79 Å². The molecule has 0 radical (unpaired) electrons. The number of nitrogen functional groups attached to an aromatic ring is 1. The van der Waals surface area contributed by atoms with Gasteiger partial charge < -0.3 is 27.1 Å². The molecular formula is C17H21N7O. The number of piperidine rings is 1. The van der Waals surface area contributed by atoms with Gasteiger partial charge in [0.05, 0.1) is 0 Å². The molecule has 2 heterocycles. The molecule has 1 fully saturated rings. The van der Waals surface area contributed by atoms with Gasteiger partial charge in [0.25, 0.3) is 5.91 Å². The summed E-state index contributed by atoms with van der Waals surface area (Å²) in [5.41, 5.74) is 12.9. The van der Waals surface area contributed by atoms with Crippen molar-refractivity contribution in [3.63, 3.8) is 0 Å². The van der Waals surface area contributed by atoms with E-state index in [0.29, 0.717) is 17.5 Å². The Morgan fingerprint density at radius 2 is 1.84 bits per heavy atom. The van der Waals surface area contributed by atoms with Gasteiger partial charge in [0.15, 0.2) is 0 Å². The van der Waals surface area contributed by atoms with Crippen molar-refractivity contribution in [2.75, 3.05) is 29.0 Å². The first-order valence-corrected chi connectivity index (χ1v) is 8.18. The minimum Gasteiger partial charge on any atom is -0.399 e. The van der Waals surface area contributed by atoms with Gasteiger partial charge in [0, 0.05) is 30.7 Å². The highest BCUT2D eigenvalue weighted by Gasteiger charge is 2.21. The fourth-order valence-electron chi connectivity index (χ4n) is 2.84. The predicted molar refractivity (Wildman–Crippen MR) is 98.6 cm³/mol. The van der Waals surface area contributed by atoms with Crippen LogP contribution in [0.4, 0.5) is 23.1 Å². The maximum Gasteiger partial charge on any atom is 0.254 e. The number of amides is 1. The van der Waals surface area contributed by atoms with Crippen molar-refractivity contribution in [3.8, 4) is 0 Å². The summed E-state index contributed by atoms with van der Waals surface area (Å²) in [7, 11) is 0. The molecule has 8 nitrogen and oxygen atoms in total. The van der Waals surface area contributed by atoms with Crippen LogP contribution in [0.1, 0.15) is 35.3 Å². The smallest absolute Gasteiger partial charge is 0.254 e. The Labute approximate surface area is 145 Å². The molecule has 6 N–H and O–H groups in total. The van der Waals surface area contributed by atoms with E-state index >= 15 is 0 Å². The molecule has 25 heavy (non-hydrogen) atoms. The van der Waals surface area contributed by atoms with E-state index in [4.69, 9.17) is 16.9 Å². The topological polar surface area (TPSA) is 134 Å². The molecule has 0 atom stereocenters. The monoisotopic (exact) mass is 339 g/mol. The number of nitrogens with two attached hydrogens (primary N) is 2. The molecule has 0 unspecified atom stereocenters. The summed E-state index contributed by atoms with van der Waals surface area (Å²) in [6.07, 6.45) is 4.36. The molecule has 1 aromatic carbocycles. The van der Waals surface area contributed by atoms with Crippen molar-refractivity contribution in [3.05, 3.63) is 35.5 Å². The van der Waals surface area contributed by atoms with Crippen LogP contribution in [0.5, 0.6) is 0 Å².